The highest BCUT2D eigenvalue weighted by Gasteiger charge is 2.26. The third-order valence-corrected chi connectivity index (χ3v) is 4.79. The Morgan fingerprint density at radius 3 is 2.96 bits per heavy atom. The number of nitrogens with two attached hydrogens (primary N) is 1. The molecule has 1 aromatic heterocycles. The summed E-state index contributed by atoms with van der Waals surface area (Å²) in [5, 5.41) is 7.69. The molecule has 1 aliphatic heterocycles. The molecule has 8 heteroatoms. The van der Waals surface area contributed by atoms with Crippen molar-refractivity contribution in [3.63, 3.8) is 0 Å². The maximum absolute atomic E-state index is 12.1. The molecule has 2 aromatic rings. The predicted octanol–water partition coefficient (Wildman–Crippen LogP) is 1.70. The summed E-state index contributed by atoms with van der Waals surface area (Å²) in [7, 11) is 0. The number of nitrogens with one attached hydrogen (secondary N) is 2. The van der Waals surface area contributed by atoms with Gasteiger partial charge in [0.15, 0.2) is 5.13 Å². The van der Waals surface area contributed by atoms with Crippen molar-refractivity contribution < 1.29 is 14.4 Å². The molecular weight excluding hydrogens is 340 g/mol. The molecule has 0 spiro atoms. The summed E-state index contributed by atoms with van der Waals surface area (Å²) in [5.41, 5.74) is 7.58. The molecule has 3 rings (SSSR count). The Labute approximate surface area is 148 Å². The van der Waals surface area contributed by atoms with Gasteiger partial charge in [0.2, 0.25) is 17.7 Å². The number of nitrogens with zero attached hydrogens (tertiary/aromatic N) is 1. The first kappa shape index (κ1) is 17.1. The van der Waals surface area contributed by atoms with Crippen LogP contribution in [0, 0.1) is 5.92 Å². The fourth-order valence-corrected chi connectivity index (χ4v) is 3.48. The van der Waals surface area contributed by atoms with E-state index in [1.165, 1.54) is 11.3 Å². The van der Waals surface area contributed by atoms with Gasteiger partial charge < -0.3 is 16.4 Å². The van der Waals surface area contributed by atoms with Crippen LogP contribution in [0.1, 0.15) is 24.1 Å². The lowest BCUT2D eigenvalue weighted by Gasteiger charge is -2.24. The summed E-state index contributed by atoms with van der Waals surface area (Å²) in [4.78, 5) is 39.2. The second-order valence-electron chi connectivity index (χ2n) is 5.92. The molecule has 0 saturated heterocycles. The molecule has 0 radical (unpaired) electrons. The molecule has 1 aliphatic rings. The number of thiazole rings is 1. The number of aromatic nitrogens is 1. The zero-order valence-corrected chi connectivity index (χ0v) is 14.3. The normalized spacial score (nSPS) is 16.0. The van der Waals surface area contributed by atoms with Gasteiger partial charge >= 0.3 is 0 Å². The summed E-state index contributed by atoms with van der Waals surface area (Å²) in [5.74, 6) is -0.940. The number of para-hydroxylation sites is 1. The highest BCUT2D eigenvalue weighted by Crippen LogP contribution is 2.27. The third kappa shape index (κ3) is 4.42. The van der Waals surface area contributed by atoms with Crippen molar-refractivity contribution in [3.8, 4) is 0 Å². The molecule has 0 saturated carbocycles. The van der Waals surface area contributed by atoms with Crippen LogP contribution < -0.4 is 16.4 Å². The molecule has 0 fully saturated rings. The van der Waals surface area contributed by atoms with Crippen molar-refractivity contribution in [3.05, 3.63) is 40.9 Å². The van der Waals surface area contributed by atoms with Gasteiger partial charge in [0, 0.05) is 23.4 Å². The second-order valence-corrected chi connectivity index (χ2v) is 6.78. The van der Waals surface area contributed by atoms with Crippen LogP contribution >= 0.6 is 11.3 Å². The zero-order valence-electron chi connectivity index (χ0n) is 13.5. The Hall–Kier alpha value is -2.74. The summed E-state index contributed by atoms with van der Waals surface area (Å²) in [6, 6.07) is 7.68. The van der Waals surface area contributed by atoms with Gasteiger partial charge in [0.1, 0.15) is 0 Å². The van der Waals surface area contributed by atoms with Crippen molar-refractivity contribution >= 4 is 39.9 Å². The van der Waals surface area contributed by atoms with Crippen LogP contribution in [0.2, 0.25) is 0 Å². The Bertz CT molecular complexity index is 818. The molecule has 7 nitrogen and oxygen atoms in total. The summed E-state index contributed by atoms with van der Waals surface area (Å²) in [6.07, 6.45) is 1.37. The molecule has 2 heterocycles. The molecule has 0 bridgehead atoms. The number of carbonyl (C=O) groups is 3. The minimum absolute atomic E-state index is 0.0496. The second kappa shape index (κ2) is 7.43. The van der Waals surface area contributed by atoms with Gasteiger partial charge in [-0.2, -0.15) is 0 Å². The number of anilines is 2. The lowest BCUT2D eigenvalue weighted by molar-refractivity contribution is -0.121. The number of rotatable bonds is 6. The average molecular weight is 358 g/mol. The number of hydrogen-bond donors (Lipinski definition) is 3. The molecule has 3 amide bonds. The van der Waals surface area contributed by atoms with Crippen molar-refractivity contribution in [2.24, 2.45) is 11.7 Å². The van der Waals surface area contributed by atoms with Gasteiger partial charge in [-0.3, -0.25) is 14.4 Å². The first-order valence-corrected chi connectivity index (χ1v) is 8.80. The van der Waals surface area contributed by atoms with Crippen molar-refractivity contribution in [1.29, 1.82) is 0 Å². The zero-order chi connectivity index (χ0) is 17.8. The van der Waals surface area contributed by atoms with E-state index in [4.69, 9.17) is 5.73 Å². The number of hydrogen-bond acceptors (Lipinski definition) is 5. The van der Waals surface area contributed by atoms with Crippen molar-refractivity contribution in [2.45, 2.75) is 25.7 Å². The Morgan fingerprint density at radius 1 is 1.36 bits per heavy atom. The molecule has 1 atom stereocenters. The monoisotopic (exact) mass is 358 g/mol. The van der Waals surface area contributed by atoms with Crippen LogP contribution in [0.4, 0.5) is 10.8 Å². The topological polar surface area (TPSA) is 114 Å². The van der Waals surface area contributed by atoms with Crippen LogP contribution in [-0.4, -0.2) is 22.7 Å². The number of primary amides is 1. The highest BCUT2D eigenvalue weighted by atomic mass is 32.1. The number of fused-ring (bicyclic) bond motifs is 1. The number of amides is 3. The maximum Gasteiger partial charge on any atom is 0.227 e. The Kier molecular flexibility index (Phi) is 5.08. The van der Waals surface area contributed by atoms with E-state index in [2.05, 4.69) is 15.6 Å². The molecular formula is C17H18N4O3S. The summed E-state index contributed by atoms with van der Waals surface area (Å²) >= 11 is 1.24. The molecule has 0 aliphatic carbocycles. The smallest absolute Gasteiger partial charge is 0.227 e. The van der Waals surface area contributed by atoms with Crippen LogP contribution in [0.3, 0.4) is 0 Å². The lowest BCUT2D eigenvalue weighted by Crippen LogP contribution is -2.30. The molecule has 130 valence electrons. The fourth-order valence-electron chi connectivity index (χ4n) is 2.76. The van der Waals surface area contributed by atoms with E-state index in [1.54, 1.807) is 5.38 Å². The van der Waals surface area contributed by atoms with Crippen molar-refractivity contribution in [2.75, 3.05) is 10.6 Å². The number of carbonyl (C=O) groups excluding carboxylic acids is 3. The Balaban J connectivity index is 1.51. The SMILES string of the molecule is NC(=O)Cc1csc(NC(=O)CCC2Cc3ccccc3NC2=O)n1. The van der Waals surface area contributed by atoms with Crippen LogP contribution in [-0.2, 0) is 27.2 Å². The van der Waals surface area contributed by atoms with Crippen LogP contribution in [0.5, 0.6) is 0 Å². The van der Waals surface area contributed by atoms with Crippen molar-refractivity contribution in [1.82, 2.24) is 4.98 Å². The average Bonchev–Trinajstić information content (AvgIpc) is 2.99. The van der Waals surface area contributed by atoms with Crippen LogP contribution in [0.25, 0.3) is 0 Å². The highest BCUT2D eigenvalue weighted by molar-refractivity contribution is 7.13. The van der Waals surface area contributed by atoms with E-state index in [0.717, 1.165) is 11.3 Å². The fraction of sp³-hybridized carbons (Fsp3) is 0.294. The van der Waals surface area contributed by atoms with Gasteiger partial charge in [-0.15, -0.1) is 11.3 Å². The maximum atomic E-state index is 12.1. The quantitative estimate of drug-likeness (QED) is 0.729. The van der Waals surface area contributed by atoms with Gasteiger partial charge in [-0.1, -0.05) is 18.2 Å². The van der Waals surface area contributed by atoms with E-state index in [9.17, 15) is 14.4 Å². The third-order valence-electron chi connectivity index (χ3n) is 3.99. The first-order valence-electron chi connectivity index (χ1n) is 7.92. The molecule has 4 N–H and O–H groups in total. The van der Waals surface area contributed by atoms with E-state index in [1.807, 2.05) is 24.3 Å². The van der Waals surface area contributed by atoms with Gasteiger partial charge in [-0.25, -0.2) is 4.98 Å². The predicted molar refractivity (Wildman–Crippen MR) is 95.1 cm³/mol. The number of benzene rings is 1. The standard InChI is InChI=1S/C17H18N4O3S/c18-14(22)8-12-9-25-17(19-12)21-15(23)6-5-11-7-10-3-1-2-4-13(10)20-16(11)24/h1-4,9,11H,5-8H2,(H2,18,22)(H,20,24)(H,19,21,23). The molecule has 25 heavy (non-hydrogen) atoms. The van der Waals surface area contributed by atoms with Gasteiger partial charge in [-0.05, 0) is 24.5 Å². The minimum atomic E-state index is -0.466. The van der Waals surface area contributed by atoms with E-state index in [-0.39, 0.29) is 30.6 Å². The van der Waals surface area contributed by atoms with Gasteiger partial charge in [0.25, 0.3) is 0 Å². The first-order chi connectivity index (χ1) is 12.0. The minimum Gasteiger partial charge on any atom is -0.369 e. The van der Waals surface area contributed by atoms with E-state index in [0.29, 0.717) is 23.7 Å². The van der Waals surface area contributed by atoms with Gasteiger partial charge in [0.05, 0.1) is 12.1 Å². The summed E-state index contributed by atoms with van der Waals surface area (Å²) in [6.45, 7) is 0. The van der Waals surface area contributed by atoms with E-state index >= 15 is 0 Å². The Morgan fingerprint density at radius 2 is 2.16 bits per heavy atom. The van der Waals surface area contributed by atoms with Crippen LogP contribution in [0.15, 0.2) is 29.6 Å². The summed E-state index contributed by atoms with van der Waals surface area (Å²) < 4.78 is 0. The lowest BCUT2D eigenvalue weighted by atomic mass is 9.89. The largest absolute Gasteiger partial charge is 0.369 e. The molecule has 1 unspecified atom stereocenters. The van der Waals surface area contributed by atoms with E-state index < -0.39 is 5.91 Å². The molecule has 1 aromatic carbocycles.